The number of aromatic nitrogens is 3. The van der Waals surface area contributed by atoms with Gasteiger partial charge in [0.1, 0.15) is 0 Å². The first kappa shape index (κ1) is 10.4. The van der Waals surface area contributed by atoms with E-state index in [1.54, 1.807) is 24.3 Å². The van der Waals surface area contributed by atoms with Crippen molar-refractivity contribution in [3.8, 4) is 0 Å². The number of hydrogen-bond acceptors (Lipinski definition) is 4. The molecule has 1 heterocycles. The van der Waals surface area contributed by atoms with Crippen LogP contribution in [0.1, 0.15) is 10.5 Å². The molecule has 0 bridgehead atoms. The summed E-state index contributed by atoms with van der Waals surface area (Å²) in [6.07, 6.45) is 0. The SMILES string of the molecule is O=C(O)c1n[nH]nc1Nc1cccc(Cl)c1. The van der Waals surface area contributed by atoms with E-state index in [1.165, 1.54) is 0 Å². The maximum absolute atomic E-state index is 10.8. The molecule has 0 radical (unpaired) electrons. The highest BCUT2D eigenvalue weighted by molar-refractivity contribution is 6.30. The van der Waals surface area contributed by atoms with E-state index < -0.39 is 5.97 Å². The van der Waals surface area contributed by atoms with Gasteiger partial charge < -0.3 is 10.4 Å². The van der Waals surface area contributed by atoms with Crippen molar-refractivity contribution in [3.63, 3.8) is 0 Å². The summed E-state index contributed by atoms with van der Waals surface area (Å²) in [5.74, 6) is -1.01. The van der Waals surface area contributed by atoms with Crippen LogP contribution in [-0.2, 0) is 0 Å². The van der Waals surface area contributed by atoms with Gasteiger partial charge in [-0.05, 0) is 18.2 Å². The minimum absolute atomic E-state index is 0.148. The van der Waals surface area contributed by atoms with E-state index in [1.807, 2.05) is 0 Å². The van der Waals surface area contributed by atoms with Gasteiger partial charge in [0, 0.05) is 10.7 Å². The summed E-state index contributed by atoms with van der Waals surface area (Å²) in [6.45, 7) is 0. The molecule has 0 aliphatic heterocycles. The Morgan fingerprint density at radius 1 is 1.44 bits per heavy atom. The van der Waals surface area contributed by atoms with Crippen molar-refractivity contribution in [1.29, 1.82) is 0 Å². The smallest absolute Gasteiger partial charge is 0.360 e. The molecule has 16 heavy (non-hydrogen) atoms. The maximum Gasteiger partial charge on any atom is 0.360 e. The lowest BCUT2D eigenvalue weighted by atomic mass is 10.3. The molecule has 6 nitrogen and oxygen atoms in total. The van der Waals surface area contributed by atoms with E-state index in [4.69, 9.17) is 16.7 Å². The van der Waals surface area contributed by atoms with Crippen LogP contribution in [0.15, 0.2) is 24.3 Å². The molecule has 0 aliphatic rings. The van der Waals surface area contributed by atoms with Gasteiger partial charge in [0.15, 0.2) is 5.82 Å². The Kier molecular flexibility index (Phi) is 2.74. The number of nitrogens with one attached hydrogen (secondary N) is 2. The van der Waals surface area contributed by atoms with Crippen molar-refractivity contribution in [2.45, 2.75) is 0 Å². The molecule has 2 rings (SSSR count). The third-order valence-electron chi connectivity index (χ3n) is 1.84. The van der Waals surface area contributed by atoms with Crippen molar-refractivity contribution in [1.82, 2.24) is 15.4 Å². The van der Waals surface area contributed by atoms with Crippen molar-refractivity contribution < 1.29 is 9.90 Å². The maximum atomic E-state index is 10.8. The van der Waals surface area contributed by atoms with Gasteiger partial charge in [0.05, 0.1) is 0 Å². The van der Waals surface area contributed by atoms with Gasteiger partial charge >= 0.3 is 5.97 Å². The summed E-state index contributed by atoms with van der Waals surface area (Å²) in [6, 6.07) is 6.85. The van der Waals surface area contributed by atoms with Crippen LogP contribution in [0.25, 0.3) is 0 Å². The predicted molar refractivity (Wildman–Crippen MR) is 58.1 cm³/mol. The Bertz CT molecular complexity index is 526. The van der Waals surface area contributed by atoms with Crippen molar-refractivity contribution in [3.05, 3.63) is 35.0 Å². The van der Waals surface area contributed by atoms with E-state index in [2.05, 4.69) is 20.7 Å². The van der Waals surface area contributed by atoms with Crippen molar-refractivity contribution in [2.24, 2.45) is 0 Å². The van der Waals surface area contributed by atoms with E-state index in [0.717, 1.165) is 0 Å². The Morgan fingerprint density at radius 2 is 2.25 bits per heavy atom. The lowest BCUT2D eigenvalue weighted by Crippen LogP contribution is -2.02. The molecule has 0 atom stereocenters. The molecule has 1 aromatic heterocycles. The topological polar surface area (TPSA) is 90.9 Å². The van der Waals surface area contributed by atoms with E-state index >= 15 is 0 Å². The van der Waals surface area contributed by atoms with Crippen LogP contribution in [0.5, 0.6) is 0 Å². The minimum atomic E-state index is -1.15. The fourth-order valence-electron chi connectivity index (χ4n) is 1.17. The first-order chi connectivity index (χ1) is 7.66. The number of halogens is 1. The van der Waals surface area contributed by atoms with Crippen LogP contribution in [0, 0.1) is 0 Å². The molecule has 0 amide bonds. The molecule has 0 aliphatic carbocycles. The number of hydrogen-bond donors (Lipinski definition) is 3. The van der Waals surface area contributed by atoms with Crippen LogP contribution in [-0.4, -0.2) is 26.5 Å². The Morgan fingerprint density at radius 3 is 2.94 bits per heavy atom. The van der Waals surface area contributed by atoms with Gasteiger partial charge in [-0.1, -0.05) is 17.7 Å². The third kappa shape index (κ3) is 2.12. The van der Waals surface area contributed by atoms with Crippen LogP contribution < -0.4 is 5.32 Å². The van der Waals surface area contributed by atoms with Crippen LogP contribution in [0.2, 0.25) is 5.02 Å². The zero-order valence-corrected chi connectivity index (χ0v) is 8.69. The Balaban J connectivity index is 2.27. The molecular formula is C9H7ClN4O2. The largest absolute Gasteiger partial charge is 0.476 e. The van der Waals surface area contributed by atoms with Gasteiger partial charge in [-0.25, -0.2) is 4.79 Å². The number of nitrogens with zero attached hydrogens (tertiary/aromatic N) is 2. The van der Waals surface area contributed by atoms with E-state index in [9.17, 15) is 4.79 Å². The first-order valence-electron chi connectivity index (χ1n) is 4.33. The highest BCUT2D eigenvalue weighted by Gasteiger charge is 2.14. The highest BCUT2D eigenvalue weighted by atomic mass is 35.5. The molecule has 82 valence electrons. The van der Waals surface area contributed by atoms with Gasteiger partial charge in [0.2, 0.25) is 5.69 Å². The van der Waals surface area contributed by atoms with Gasteiger partial charge in [-0.2, -0.15) is 5.21 Å². The van der Waals surface area contributed by atoms with E-state index in [0.29, 0.717) is 10.7 Å². The zero-order valence-electron chi connectivity index (χ0n) is 7.94. The van der Waals surface area contributed by atoms with E-state index in [-0.39, 0.29) is 11.5 Å². The second-order valence-electron chi connectivity index (χ2n) is 2.96. The molecule has 3 N–H and O–H groups in total. The number of rotatable bonds is 3. The number of H-pyrrole nitrogens is 1. The molecule has 0 saturated heterocycles. The van der Waals surface area contributed by atoms with Crippen molar-refractivity contribution >= 4 is 29.1 Å². The zero-order chi connectivity index (χ0) is 11.5. The number of carboxylic acid groups (broad SMARTS) is 1. The predicted octanol–water partition coefficient (Wildman–Crippen LogP) is 1.90. The summed E-state index contributed by atoms with van der Waals surface area (Å²) in [4.78, 5) is 10.8. The monoisotopic (exact) mass is 238 g/mol. The Labute approximate surface area is 95.2 Å². The lowest BCUT2D eigenvalue weighted by molar-refractivity contribution is 0.0691. The second-order valence-corrected chi connectivity index (χ2v) is 3.40. The molecular weight excluding hydrogens is 232 g/mol. The Hall–Kier alpha value is -2.08. The fraction of sp³-hybridized carbons (Fsp3) is 0. The van der Waals surface area contributed by atoms with Crippen molar-refractivity contribution in [2.75, 3.05) is 5.32 Å². The molecule has 0 fully saturated rings. The number of anilines is 2. The molecule has 2 aromatic rings. The number of aromatic carboxylic acids is 1. The van der Waals surface area contributed by atoms with Crippen LogP contribution in [0.4, 0.5) is 11.5 Å². The standard InChI is InChI=1S/C9H7ClN4O2/c10-5-2-1-3-6(4-5)11-8-7(9(15)16)12-14-13-8/h1-4H,(H,15,16)(H2,11,12,13,14). The number of carbonyl (C=O) groups is 1. The summed E-state index contributed by atoms with van der Waals surface area (Å²) in [5.41, 5.74) is 0.476. The van der Waals surface area contributed by atoms with Gasteiger partial charge in [-0.15, -0.1) is 10.2 Å². The van der Waals surface area contributed by atoms with Crippen LogP contribution >= 0.6 is 11.6 Å². The molecule has 0 saturated carbocycles. The first-order valence-corrected chi connectivity index (χ1v) is 4.71. The number of benzene rings is 1. The molecule has 1 aromatic carbocycles. The molecule has 7 heteroatoms. The average molecular weight is 239 g/mol. The second kappa shape index (κ2) is 4.19. The summed E-state index contributed by atoms with van der Waals surface area (Å²) in [5, 5.41) is 21.6. The minimum Gasteiger partial charge on any atom is -0.476 e. The quantitative estimate of drug-likeness (QED) is 0.760. The van der Waals surface area contributed by atoms with Gasteiger partial charge in [-0.3, -0.25) is 0 Å². The average Bonchev–Trinajstić information content (AvgIpc) is 2.66. The fourth-order valence-corrected chi connectivity index (χ4v) is 1.36. The van der Waals surface area contributed by atoms with Gasteiger partial charge in [0.25, 0.3) is 0 Å². The number of aromatic amines is 1. The summed E-state index contributed by atoms with van der Waals surface area (Å²) in [7, 11) is 0. The lowest BCUT2D eigenvalue weighted by Gasteiger charge is -2.02. The summed E-state index contributed by atoms with van der Waals surface area (Å²) >= 11 is 5.79. The highest BCUT2D eigenvalue weighted by Crippen LogP contribution is 2.19. The van der Waals surface area contributed by atoms with Crippen LogP contribution in [0.3, 0.4) is 0 Å². The number of carboxylic acids is 1. The summed E-state index contributed by atoms with van der Waals surface area (Å²) < 4.78 is 0. The molecule has 0 unspecified atom stereocenters. The third-order valence-corrected chi connectivity index (χ3v) is 2.07. The normalized spacial score (nSPS) is 10.1. The molecule has 0 spiro atoms.